The third-order valence-electron chi connectivity index (χ3n) is 4.69. The molecule has 1 fully saturated rings. The Labute approximate surface area is 146 Å². The van der Waals surface area contributed by atoms with Gasteiger partial charge in [0.1, 0.15) is 5.52 Å². The number of rotatable bonds is 4. The van der Waals surface area contributed by atoms with Gasteiger partial charge in [-0.2, -0.15) is 0 Å². The first kappa shape index (κ1) is 17.3. The van der Waals surface area contributed by atoms with E-state index in [1.54, 1.807) is 10.7 Å². The molecule has 1 saturated heterocycles. The molecule has 2 aromatic rings. The van der Waals surface area contributed by atoms with Gasteiger partial charge >= 0.3 is 5.97 Å². The van der Waals surface area contributed by atoms with Crippen molar-refractivity contribution in [2.24, 2.45) is 7.05 Å². The van der Waals surface area contributed by atoms with E-state index in [0.717, 1.165) is 24.1 Å². The molecule has 134 valence electrons. The molecule has 0 bridgehead atoms. The van der Waals surface area contributed by atoms with Crippen molar-refractivity contribution in [1.29, 1.82) is 0 Å². The number of fused-ring (bicyclic) bond motifs is 1. The van der Waals surface area contributed by atoms with Crippen molar-refractivity contribution < 1.29 is 14.3 Å². The maximum atomic E-state index is 12.9. The lowest BCUT2D eigenvalue weighted by Crippen LogP contribution is -2.54. The number of carbonyl (C=O) groups is 2. The van der Waals surface area contributed by atoms with Gasteiger partial charge in [0.25, 0.3) is 5.91 Å². The molecule has 8 heteroatoms. The zero-order chi connectivity index (χ0) is 18.0. The first-order chi connectivity index (χ1) is 12.0. The third kappa shape index (κ3) is 3.63. The molecule has 0 N–H and O–H groups in total. The van der Waals surface area contributed by atoms with Gasteiger partial charge in [0.15, 0.2) is 0 Å². The Kier molecular flexibility index (Phi) is 4.98. The fourth-order valence-corrected chi connectivity index (χ4v) is 3.23. The SMILES string of the molecule is COC(=O)CCN1CCN(C(=O)c2ccc3c(c2)nnn3C)C(C)C1. The second-order valence-corrected chi connectivity index (χ2v) is 6.39. The normalized spacial score (nSPS) is 18.5. The summed E-state index contributed by atoms with van der Waals surface area (Å²) < 4.78 is 6.37. The average molecular weight is 345 g/mol. The van der Waals surface area contributed by atoms with Crippen LogP contribution in [0.4, 0.5) is 0 Å². The molecule has 1 amide bonds. The number of esters is 1. The molecule has 0 saturated carbocycles. The van der Waals surface area contributed by atoms with Crippen molar-refractivity contribution in [3.05, 3.63) is 23.8 Å². The minimum absolute atomic E-state index is 0.00710. The van der Waals surface area contributed by atoms with Gasteiger partial charge in [-0.1, -0.05) is 5.21 Å². The molecule has 1 aromatic heterocycles. The van der Waals surface area contributed by atoms with E-state index < -0.39 is 0 Å². The number of amides is 1. The van der Waals surface area contributed by atoms with Crippen LogP contribution in [0.1, 0.15) is 23.7 Å². The maximum Gasteiger partial charge on any atom is 0.306 e. The average Bonchev–Trinajstić information content (AvgIpc) is 2.99. The highest BCUT2D eigenvalue weighted by Gasteiger charge is 2.28. The number of methoxy groups -OCH3 is 1. The van der Waals surface area contributed by atoms with Gasteiger partial charge in [0.2, 0.25) is 0 Å². The lowest BCUT2D eigenvalue weighted by Gasteiger charge is -2.39. The molecule has 0 radical (unpaired) electrons. The van der Waals surface area contributed by atoms with Crippen molar-refractivity contribution in [1.82, 2.24) is 24.8 Å². The minimum Gasteiger partial charge on any atom is -0.469 e. The molecule has 8 nitrogen and oxygen atoms in total. The molecule has 1 aromatic carbocycles. The zero-order valence-corrected chi connectivity index (χ0v) is 14.8. The highest BCUT2D eigenvalue weighted by atomic mass is 16.5. The Morgan fingerprint density at radius 2 is 2.12 bits per heavy atom. The number of ether oxygens (including phenoxy) is 1. The van der Waals surface area contributed by atoms with Crippen molar-refractivity contribution in [3.8, 4) is 0 Å². The van der Waals surface area contributed by atoms with Gasteiger partial charge in [0, 0.05) is 44.8 Å². The molecule has 1 atom stereocenters. The quantitative estimate of drug-likeness (QED) is 0.758. The molecular weight excluding hydrogens is 322 g/mol. The number of piperazine rings is 1. The fourth-order valence-electron chi connectivity index (χ4n) is 3.23. The molecular formula is C17H23N5O3. The lowest BCUT2D eigenvalue weighted by atomic mass is 10.1. The van der Waals surface area contributed by atoms with Gasteiger partial charge < -0.3 is 9.64 Å². The van der Waals surface area contributed by atoms with E-state index in [4.69, 9.17) is 0 Å². The molecule has 1 aliphatic heterocycles. The van der Waals surface area contributed by atoms with Crippen LogP contribution in [-0.2, 0) is 16.6 Å². The minimum atomic E-state index is -0.205. The largest absolute Gasteiger partial charge is 0.469 e. The Hall–Kier alpha value is -2.48. The van der Waals surface area contributed by atoms with Crippen LogP contribution >= 0.6 is 0 Å². The number of nitrogens with zero attached hydrogens (tertiary/aromatic N) is 5. The number of aromatic nitrogens is 3. The van der Waals surface area contributed by atoms with Crippen LogP contribution in [0.15, 0.2) is 18.2 Å². The number of carbonyl (C=O) groups excluding carboxylic acids is 2. The van der Waals surface area contributed by atoms with E-state index in [9.17, 15) is 9.59 Å². The zero-order valence-electron chi connectivity index (χ0n) is 14.8. The summed E-state index contributed by atoms with van der Waals surface area (Å²) in [5, 5.41) is 8.05. The highest BCUT2D eigenvalue weighted by molar-refractivity contribution is 5.97. The van der Waals surface area contributed by atoms with E-state index in [1.165, 1.54) is 7.11 Å². The van der Waals surface area contributed by atoms with Crippen LogP contribution in [-0.4, -0.2) is 76.0 Å². The van der Waals surface area contributed by atoms with Crippen LogP contribution in [0.25, 0.3) is 11.0 Å². The first-order valence-corrected chi connectivity index (χ1v) is 8.39. The summed E-state index contributed by atoms with van der Waals surface area (Å²) in [6, 6.07) is 5.57. The second-order valence-electron chi connectivity index (χ2n) is 6.39. The van der Waals surface area contributed by atoms with Crippen LogP contribution in [0.3, 0.4) is 0 Å². The van der Waals surface area contributed by atoms with Crippen molar-refractivity contribution in [2.75, 3.05) is 33.3 Å². The summed E-state index contributed by atoms with van der Waals surface area (Å²) in [5.74, 6) is -0.198. The highest BCUT2D eigenvalue weighted by Crippen LogP contribution is 2.18. The van der Waals surface area contributed by atoms with E-state index in [0.29, 0.717) is 25.1 Å². The first-order valence-electron chi connectivity index (χ1n) is 8.39. The maximum absolute atomic E-state index is 12.9. The van der Waals surface area contributed by atoms with Crippen molar-refractivity contribution in [2.45, 2.75) is 19.4 Å². The van der Waals surface area contributed by atoms with Crippen LogP contribution in [0.2, 0.25) is 0 Å². The smallest absolute Gasteiger partial charge is 0.306 e. The number of hydrogen-bond donors (Lipinski definition) is 0. The molecule has 2 heterocycles. The standard InChI is InChI=1S/C17H23N5O3/c1-12-11-21(7-6-16(23)25-3)8-9-22(12)17(24)13-4-5-15-14(10-13)18-19-20(15)2/h4-5,10,12H,6-9,11H2,1-3H3. The number of benzene rings is 1. The molecule has 1 unspecified atom stereocenters. The number of aryl methyl sites for hydroxylation is 1. The Morgan fingerprint density at radius 1 is 1.32 bits per heavy atom. The van der Waals surface area contributed by atoms with Gasteiger partial charge in [-0.25, -0.2) is 4.68 Å². The molecule has 3 rings (SSSR count). The van der Waals surface area contributed by atoms with E-state index in [-0.39, 0.29) is 17.9 Å². The van der Waals surface area contributed by atoms with Crippen molar-refractivity contribution in [3.63, 3.8) is 0 Å². The van der Waals surface area contributed by atoms with Gasteiger partial charge in [-0.15, -0.1) is 5.10 Å². The van der Waals surface area contributed by atoms with Crippen LogP contribution in [0.5, 0.6) is 0 Å². The summed E-state index contributed by atoms with van der Waals surface area (Å²) >= 11 is 0. The molecule has 25 heavy (non-hydrogen) atoms. The Balaban J connectivity index is 1.65. The predicted octanol–water partition coefficient (Wildman–Crippen LogP) is 0.678. The molecule has 0 spiro atoms. The fraction of sp³-hybridized carbons (Fsp3) is 0.529. The molecule has 1 aliphatic rings. The predicted molar refractivity (Wildman–Crippen MR) is 92.1 cm³/mol. The van der Waals surface area contributed by atoms with E-state index in [1.807, 2.05) is 31.0 Å². The third-order valence-corrected chi connectivity index (χ3v) is 4.69. The summed E-state index contributed by atoms with van der Waals surface area (Å²) in [5.41, 5.74) is 2.25. The van der Waals surface area contributed by atoms with Crippen LogP contribution in [0, 0.1) is 0 Å². The Morgan fingerprint density at radius 3 is 2.84 bits per heavy atom. The van der Waals surface area contributed by atoms with Gasteiger partial charge in [-0.05, 0) is 25.1 Å². The van der Waals surface area contributed by atoms with E-state index >= 15 is 0 Å². The molecule has 0 aliphatic carbocycles. The monoisotopic (exact) mass is 345 g/mol. The second kappa shape index (κ2) is 7.18. The van der Waals surface area contributed by atoms with Gasteiger partial charge in [-0.3, -0.25) is 14.5 Å². The van der Waals surface area contributed by atoms with E-state index in [2.05, 4.69) is 19.9 Å². The summed E-state index contributed by atoms with van der Waals surface area (Å²) in [7, 11) is 3.22. The Bertz CT molecular complexity index is 788. The van der Waals surface area contributed by atoms with Crippen molar-refractivity contribution >= 4 is 22.9 Å². The van der Waals surface area contributed by atoms with Crippen LogP contribution < -0.4 is 0 Å². The topological polar surface area (TPSA) is 80.6 Å². The lowest BCUT2D eigenvalue weighted by molar-refractivity contribution is -0.141. The summed E-state index contributed by atoms with van der Waals surface area (Å²) in [6.07, 6.45) is 0.376. The summed E-state index contributed by atoms with van der Waals surface area (Å²) in [6.45, 7) is 4.82. The van der Waals surface area contributed by atoms with Gasteiger partial charge in [0.05, 0.1) is 19.0 Å². The number of hydrogen-bond acceptors (Lipinski definition) is 6. The summed E-state index contributed by atoms with van der Waals surface area (Å²) in [4.78, 5) is 28.2.